The van der Waals surface area contributed by atoms with E-state index in [0.29, 0.717) is 168 Å². The molecule has 18 aliphatic carbocycles. The highest BCUT2D eigenvalue weighted by atomic mass is 16.6. The third-order valence-electron chi connectivity index (χ3n) is 41.2. The number of rotatable bonds is 0. The van der Waals surface area contributed by atoms with Gasteiger partial charge < -0.3 is 128 Å². The van der Waals surface area contributed by atoms with Crippen molar-refractivity contribution in [3.05, 3.63) is 12.2 Å². The van der Waals surface area contributed by atoms with E-state index in [1.165, 1.54) is 218 Å². The quantitative estimate of drug-likeness (QED) is 0.204. The Morgan fingerprint density at radius 2 is 0.243 bits per heavy atom. The van der Waals surface area contributed by atoms with Crippen LogP contribution in [-0.4, -0.2) is 357 Å². The lowest BCUT2D eigenvalue weighted by atomic mass is 9.74. The fourth-order valence-electron chi connectivity index (χ4n) is 34.1. The van der Waals surface area contributed by atoms with E-state index in [-0.39, 0.29) is 5.41 Å². The largest absolute Gasteiger partial charge is 0.378 e. The van der Waals surface area contributed by atoms with Crippen molar-refractivity contribution in [3.63, 3.8) is 0 Å². The summed E-state index contributed by atoms with van der Waals surface area (Å²) < 4.78 is 153. The lowest BCUT2D eigenvalue weighted by molar-refractivity contribution is -0.0889. The monoisotopic (exact) mass is 2030 g/mol. The Kier molecular flexibility index (Phi) is 43.2. The van der Waals surface area contributed by atoms with Gasteiger partial charge in [0.1, 0.15) is 0 Å². The minimum Gasteiger partial charge on any atom is -0.378 e. The summed E-state index contributed by atoms with van der Waals surface area (Å²) in [4.78, 5) is 0. The Morgan fingerprint density at radius 1 is 0.118 bits per heavy atom. The molecule has 0 radical (unpaired) electrons. The molecule has 17 saturated carbocycles. The molecule has 9 aliphatic heterocycles. The SMILES string of the molecule is C1=CC2CC1CC21COCCOCCOC1.C1COCC2(COCCO1)CC1CCC2C1.C1COCC2(COCCO1)CC1CCC2C1.C1COCC2(COCCO1)CC1CCC2C1.C1COCC2(COCCO1)CC1CCC2C1.C1COCC2(COCCO1)CC1CCC2C1.C1COCC2(COCCO1)CC1CCC2C1.C1COCC2(COCCO1)CC1CCC2C1.C1COCC2(COCCO1)CC1CCC2C1. The topological polar surface area (TPSA) is 249 Å². The second-order valence-electron chi connectivity index (χ2n) is 50.6. The van der Waals surface area contributed by atoms with E-state index >= 15 is 0 Å². The zero-order valence-electron chi connectivity index (χ0n) is 89.3. The second kappa shape index (κ2) is 56.0. The maximum atomic E-state index is 5.80. The van der Waals surface area contributed by atoms with Crippen LogP contribution in [0.5, 0.6) is 0 Å². The number of hydrogen-bond acceptors (Lipinski definition) is 27. The van der Waals surface area contributed by atoms with Crippen LogP contribution in [0.2, 0.25) is 0 Å². The van der Waals surface area contributed by atoms with E-state index < -0.39 is 0 Å². The van der Waals surface area contributed by atoms with Crippen LogP contribution in [0.3, 0.4) is 0 Å². The van der Waals surface area contributed by atoms with E-state index in [0.717, 1.165) is 338 Å². The van der Waals surface area contributed by atoms with Gasteiger partial charge in [-0.1, -0.05) is 63.5 Å². The van der Waals surface area contributed by atoms with Crippen molar-refractivity contribution >= 4 is 0 Å². The highest BCUT2D eigenvalue weighted by Crippen LogP contribution is 2.64. The minimum absolute atomic E-state index is 0.261. The molecular formula is C117H196O27. The van der Waals surface area contributed by atoms with Crippen LogP contribution in [0.4, 0.5) is 0 Å². The molecule has 0 aromatic rings. The van der Waals surface area contributed by atoms with E-state index in [1.807, 2.05) is 0 Å². The highest BCUT2D eigenvalue weighted by molar-refractivity contribution is 5.16. The Hall–Kier alpha value is -1.34. The zero-order valence-corrected chi connectivity index (χ0v) is 89.3. The third-order valence-corrected chi connectivity index (χ3v) is 41.2. The molecule has 0 amide bonds. The summed E-state index contributed by atoms with van der Waals surface area (Å²) in [7, 11) is 0. The van der Waals surface area contributed by atoms with Gasteiger partial charge in [0, 0.05) is 48.7 Å². The standard InChI is InChI=1S/8C13H22O3.C13H20O3/c9*1-2-12-7-11(1)8-13(12)9-15-5-3-14-4-6-16-10-13/h8*11-12H,1-10H2;1-2,11-12H,3-10H2. The molecule has 0 N–H and O–H groups in total. The number of ether oxygens (including phenoxy) is 27. The molecule has 0 aromatic heterocycles. The van der Waals surface area contributed by atoms with Gasteiger partial charge >= 0.3 is 0 Å². The predicted octanol–water partition coefficient (Wildman–Crippen LogP) is 16.5. The first-order valence-electron chi connectivity index (χ1n) is 59.3. The minimum atomic E-state index is 0.261. The maximum absolute atomic E-state index is 5.80. The van der Waals surface area contributed by atoms with Gasteiger partial charge in [-0.3, -0.25) is 0 Å². The van der Waals surface area contributed by atoms with Crippen molar-refractivity contribution in [3.8, 4) is 0 Å². The molecule has 27 rings (SSSR count). The average Bonchev–Trinajstić information content (AvgIpc) is 1.68. The number of hydrogen-bond donors (Lipinski definition) is 0. The van der Waals surface area contributed by atoms with Crippen LogP contribution in [-0.2, 0) is 128 Å². The molecule has 26 fully saturated rings. The van der Waals surface area contributed by atoms with Crippen LogP contribution in [0.25, 0.3) is 0 Å². The molecule has 27 aliphatic rings. The number of allylic oxidation sites excluding steroid dienone is 2. The summed E-state index contributed by atoms with van der Waals surface area (Å²) in [5, 5.41) is 0. The van der Waals surface area contributed by atoms with Gasteiger partial charge in [0.25, 0.3) is 0 Å². The van der Waals surface area contributed by atoms with Gasteiger partial charge in [0.05, 0.1) is 357 Å². The molecular weight excluding hydrogens is 1840 g/mol. The van der Waals surface area contributed by atoms with Crippen molar-refractivity contribution in [2.24, 2.45) is 155 Å². The van der Waals surface area contributed by atoms with Gasteiger partial charge in [0.2, 0.25) is 0 Å². The summed E-state index contributed by atoms with van der Waals surface area (Å²) >= 11 is 0. The second-order valence-corrected chi connectivity index (χ2v) is 50.6. The summed E-state index contributed by atoms with van der Waals surface area (Å²) in [6.45, 7) is 42.1. The molecule has 9 saturated heterocycles. The van der Waals surface area contributed by atoms with Gasteiger partial charge in [-0.25, -0.2) is 0 Å². The van der Waals surface area contributed by atoms with E-state index in [2.05, 4.69) is 12.2 Å². The number of fused-ring (bicyclic) bond motifs is 27. The molecule has 18 unspecified atom stereocenters. The Morgan fingerprint density at radius 3 is 0.340 bits per heavy atom. The Balaban J connectivity index is 0.000000103. The molecule has 9 spiro atoms. The first kappa shape index (κ1) is 111. The van der Waals surface area contributed by atoms with Crippen molar-refractivity contribution in [1.82, 2.24) is 0 Å². The lowest BCUT2D eigenvalue weighted by Crippen LogP contribution is -2.39. The van der Waals surface area contributed by atoms with Crippen LogP contribution in [0, 0.1) is 155 Å². The van der Waals surface area contributed by atoms with Crippen molar-refractivity contribution < 1.29 is 128 Å². The highest BCUT2D eigenvalue weighted by Gasteiger charge is 2.60. The first-order chi connectivity index (χ1) is 71.0. The molecule has 9 heterocycles. The van der Waals surface area contributed by atoms with Gasteiger partial charge in [-0.2, -0.15) is 0 Å². The summed E-state index contributed by atoms with van der Waals surface area (Å²) in [6.07, 6.45) is 52.0. The van der Waals surface area contributed by atoms with Crippen molar-refractivity contribution in [2.45, 2.75) is 218 Å². The van der Waals surface area contributed by atoms with Crippen LogP contribution < -0.4 is 0 Å². The molecule has 18 atom stereocenters. The zero-order chi connectivity index (χ0) is 97.6. The molecule has 144 heavy (non-hydrogen) atoms. The van der Waals surface area contributed by atoms with E-state index in [1.54, 1.807) is 0 Å². The normalized spacial score (nSPS) is 38.9. The third kappa shape index (κ3) is 29.6. The predicted molar refractivity (Wildman–Crippen MR) is 543 cm³/mol. The Labute approximate surface area is 865 Å². The fraction of sp³-hybridized carbons (Fsp3) is 0.983. The molecule has 18 bridgehead atoms. The summed E-state index contributed by atoms with van der Waals surface area (Å²) in [6, 6.07) is 0. The molecule has 27 heteroatoms. The van der Waals surface area contributed by atoms with Crippen LogP contribution in [0.15, 0.2) is 12.2 Å². The lowest BCUT2D eigenvalue weighted by Gasteiger charge is -2.37. The fourth-order valence-corrected chi connectivity index (χ4v) is 34.1. The van der Waals surface area contributed by atoms with Crippen LogP contribution in [0.1, 0.15) is 218 Å². The molecule has 0 aromatic carbocycles. The first-order valence-corrected chi connectivity index (χ1v) is 59.3. The van der Waals surface area contributed by atoms with Gasteiger partial charge in [-0.05, 0) is 273 Å². The van der Waals surface area contributed by atoms with E-state index in [9.17, 15) is 0 Å². The van der Waals surface area contributed by atoms with Gasteiger partial charge in [-0.15, -0.1) is 0 Å². The summed E-state index contributed by atoms with van der Waals surface area (Å²) in [5.74, 6) is 16.0. The van der Waals surface area contributed by atoms with Crippen molar-refractivity contribution in [2.75, 3.05) is 357 Å². The smallest absolute Gasteiger partial charge is 0.0701 e. The van der Waals surface area contributed by atoms with Gasteiger partial charge in [0.15, 0.2) is 0 Å². The average molecular weight is 2030 g/mol. The summed E-state index contributed by atoms with van der Waals surface area (Å²) in [5.41, 5.74) is 3.04. The van der Waals surface area contributed by atoms with Crippen LogP contribution >= 0.6 is 0 Å². The molecule has 27 nitrogen and oxygen atoms in total. The molecule has 826 valence electrons. The van der Waals surface area contributed by atoms with Crippen molar-refractivity contribution in [1.29, 1.82) is 0 Å². The Bertz CT molecular complexity index is 2960. The van der Waals surface area contributed by atoms with E-state index in [4.69, 9.17) is 128 Å². The maximum Gasteiger partial charge on any atom is 0.0701 e.